The van der Waals surface area contributed by atoms with Crippen LogP contribution in [0.3, 0.4) is 0 Å². The summed E-state index contributed by atoms with van der Waals surface area (Å²) in [4.78, 5) is 0. The maximum atomic E-state index is 13.7. The molecule has 1 nitrogen and oxygen atoms in total. The lowest BCUT2D eigenvalue weighted by atomic mass is 10.0. The van der Waals surface area contributed by atoms with Crippen LogP contribution in [0.2, 0.25) is 0 Å². The molecule has 106 valence electrons. The number of nitrogens with one attached hydrogen (secondary N) is 1. The Bertz CT molecular complexity index is 576. The molecule has 0 saturated heterocycles. The second kappa shape index (κ2) is 6.57. The topological polar surface area (TPSA) is 12.0 Å². The summed E-state index contributed by atoms with van der Waals surface area (Å²) in [6.45, 7) is 3.11. The van der Waals surface area contributed by atoms with Gasteiger partial charge >= 0.3 is 0 Å². The summed E-state index contributed by atoms with van der Waals surface area (Å²) in [5.41, 5.74) is 0.623. The first-order chi connectivity index (χ1) is 9.63. The molecule has 0 bridgehead atoms. The second-order valence-electron chi connectivity index (χ2n) is 4.58. The van der Waals surface area contributed by atoms with Crippen molar-refractivity contribution in [2.24, 2.45) is 0 Å². The predicted octanol–water partition coefficient (Wildman–Crippen LogP) is 4.27. The zero-order valence-corrected chi connectivity index (χ0v) is 11.2. The third kappa shape index (κ3) is 3.20. The van der Waals surface area contributed by atoms with E-state index in [1.807, 2.05) is 6.92 Å². The molecule has 0 unspecified atom stereocenters. The zero-order valence-electron chi connectivity index (χ0n) is 11.2. The van der Waals surface area contributed by atoms with Crippen LogP contribution in [0.15, 0.2) is 36.4 Å². The van der Waals surface area contributed by atoms with Gasteiger partial charge in [0.25, 0.3) is 0 Å². The molecular formula is C16H16F3N. The highest BCUT2D eigenvalue weighted by molar-refractivity contribution is 5.65. The summed E-state index contributed by atoms with van der Waals surface area (Å²) in [6, 6.07) is 7.80. The van der Waals surface area contributed by atoms with E-state index in [1.54, 1.807) is 0 Å². The van der Waals surface area contributed by atoms with Crippen molar-refractivity contribution in [1.29, 1.82) is 0 Å². The van der Waals surface area contributed by atoms with Crippen molar-refractivity contribution in [3.05, 3.63) is 59.4 Å². The minimum atomic E-state index is -0.649. The van der Waals surface area contributed by atoms with Crippen LogP contribution in [0.25, 0.3) is 11.1 Å². The van der Waals surface area contributed by atoms with E-state index in [1.165, 1.54) is 36.4 Å². The highest BCUT2D eigenvalue weighted by atomic mass is 19.1. The van der Waals surface area contributed by atoms with Crippen molar-refractivity contribution < 1.29 is 13.2 Å². The number of rotatable bonds is 5. The lowest BCUT2D eigenvalue weighted by Crippen LogP contribution is -2.14. The van der Waals surface area contributed by atoms with Crippen LogP contribution in [-0.2, 0) is 6.54 Å². The Hall–Kier alpha value is -1.81. The van der Waals surface area contributed by atoms with Crippen molar-refractivity contribution >= 4 is 0 Å². The number of halogens is 3. The Morgan fingerprint density at radius 2 is 1.65 bits per heavy atom. The van der Waals surface area contributed by atoms with Crippen molar-refractivity contribution in [2.45, 2.75) is 19.9 Å². The SMILES string of the molecule is CCCNCc1cc(-c2c(F)cccc2F)ccc1F. The van der Waals surface area contributed by atoms with Crippen molar-refractivity contribution in [3.8, 4) is 11.1 Å². The first kappa shape index (κ1) is 14.6. The molecule has 0 aromatic heterocycles. The van der Waals surface area contributed by atoms with Crippen LogP contribution in [0.1, 0.15) is 18.9 Å². The highest BCUT2D eigenvalue weighted by Crippen LogP contribution is 2.27. The van der Waals surface area contributed by atoms with Gasteiger partial charge in [-0.15, -0.1) is 0 Å². The average Bonchev–Trinajstić information content (AvgIpc) is 2.42. The lowest BCUT2D eigenvalue weighted by molar-refractivity contribution is 0.582. The summed E-state index contributed by atoms with van der Waals surface area (Å²) in [6.07, 6.45) is 0.934. The van der Waals surface area contributed by atoms with E-state index in [9.17, 15) is 13.2 Å². The Kier molecular flexibility index (Phi) is 4.79. The molecule has 20 heavy (non-hydrogen) atoms. The highest BCUT2D eigenvalue weighted by Gasteiger charge is 2.12. The Labute approximate surface area is 116 Å². The molecule has 0 aliphatic carbocycles. The van der Waals surface area contributed by atoms with E-state index >= 15 is 0 Å². The molecule has 0 amide bonds. The Morgan fingerprint density at radius 1 is 0.950 bits per heavy atom. The number of hydrogen-bond acceptors (Lipinski definition) is 1. The van der Waals surface area contributed by atoms with Crippen molar-refractivity contribution in [2.75, 3.05) is 6.54 Å². The molecule has 2 aromatic carbocycles. The van der Waals surface area contributed by atoms with Crippen LogP contribution in [0.4, 0.5) is 13.2 Å². The summed E-state index contributed by atoms with van der Waals surface area (Å²) in [5, 5.41) is 3.07. The van der Waals surface area contributed by atoms with Gasteiger partial charge in [0.1, 0.15) is 17.5 Å². The molecule has 0 heterocycles. The van der Waals surface area contributed by atoms with E-state index in [0.717, 1.165) is 13.0 Å². The van der Waals surface area contributed by atoms with E-state index in [0.29, 0.717) is 17.7 Å². The average molecular weight is 279 g/mol. The van der Waals surface area contributed by atoms with Crippen molar-refractivity contribution in [1.82, 2.24) is 5.32 Å². The molecule has 0 spiro atoms. The van der Waals surface area contributed by atoms with Gasteiger partial charge in [-0.25, -0.2) is 13.2 Å². The molecule has 0 fully saturated rings. The summed E-state index contributed by atoms with van der Waals surface area (Å²) in [7, 11) is 0. The predicted molar refractivity (Wildman–Crippen MR) is 73.7 cm³/mol. The van der Waals surface area contributed by atoms with E-state index in [2.05, 4.69) is 5.32 Å². The normalized spacial score (nSPS) is 10.8. The molecule has 0 saturated carbocycles. The molecule has 0 atom stereocenters. The van der Waals surface area contributed by atoms with Crippen LogP contribution >= 0.6 is 0 Å². The van der Waals surface area contributed by atoms with Gasteiger partial charge in [-0.05, 0) is 42.8 Å². The van der Waals surface area contributed by atoms with Gasteiger partial charge in [0.2, 0.25) is 0 Å². The van der Waals surface area contributed by atoms with Crippen molar-refractivity contribution in [3.63, 3.8) is 0 Å². The Balaban J connectivity index is 2.36. The van der Waals surface area contributed by atoms with Gasteiger partial charge in [0.15, 0.2) is 0 Å². The minimum absolute atomic E-state index is 0.121. The lowest BCUT2D eigenvalue weighted by Gasteiger charge is -2.09. The van der Waals surface area contributed by atoms with E-state index < -0.39 is 11.6 Å². The van der Waals surface area contributed by atoms with E-state index in [4.69, 9.17) is 0 Å². The van der Waals surface area contributed by atoms with Gasteiger partial charge in [-0.3, -0.25) is 0 Å². The van der Waals surface area contributed by atoms with Gasteiger partial charge in [-0.1, -0.05) is 19.1 Å². The smallest absolute Gasteiger partial charge is 0.133 e. The fraction of sp³-hybridized carbons (Fsp3) is 0.250. The molecule has 2 rings (SSSR count). The summed E-state index contributed by atoms with van der Waals surface area (Å²) in [5.74, 6) is -1.68. The molecule has 0 radical (unpaired) electrons. The van der Waals surface area contributed by atoms with E-state index in [-0.39, 0.29) is 11.4 Å². The fourth-order valence-electron chi connectivity index (χ4n) is 2.04. The van der Waals surface area contributed by atoms with Gasteiger partial charge < -0.3 is 5.32 Å². The fourth-order valence-corrected chi connectivity index (χ4v) is 2.04. The minimum Gasteiger partial charge on any atom is -0.313 e. The number of hydrogen-bond donors (Lipinski definition) is 1. The van der Waals surface area contributed by atoms with Crippen LogP contribution in [-0.4, -0.2) is 6.54 Å². The number of benzene rings is 2. The third-order valence-electron chi connectivity index (χ3n) is 3.04. The largest absolute Gasteiger partial charge is 0.313 e. The molecule has 0 aliphatic rings. The Morgan fingerprint density at radius 3 is 2.30 bits per heavy atom. The zero-order chi connectivity index (χ0) is 14.5. The molecule has 2 aromatic rings. The monoisotopic (exact) mass is 279 g/mol. The molecule has 1 N–H and O–H groups in total. The third-order valence-corrected chi connectivity index (χ3v) is 3.04. The first-order valence-corrected chi connectivity index (χ1v) is 6.57. The van der Waals surface area contributed by atoms with Gasteiger partial charge in [-0.2, -0.15) is 0 Å². The molecule has 4 heteroatoms. The standard InChI is InChI=1S/C16H16F3N/c1-2-8-20-10-12-9-11(6-7-13(12)17)16-14(18)4-3-5-15(16)19/h3-7,9,20H,2,8,10H2,1H3. The van der Waals surface area contributed by atoms with Crippen LogP contribution in [0, 0.1) is 17.5 Å². The molecule has 0 aliphatic heterocycles. The summed E-state index contributed by atoms with van der Waals surface area (Å²) < 4.78 is 41.1. The van der Waals surface area contributed by atoms with Gasteiger partial charge in [0, 0.05) is 12.1 Å². The van der Waals surface area contributed by atoms with Crippen LogP contribution in [0.5, 0.6) is 0 Å². The van der Waals surface area contributed by atoms with Gasteiger partial charge in [0.05, 0.1) is 5.56 Å². The molecular weight excluding hydrogens is 263 g/mol. The first-order valence-electron chi connectivity index (χ1n) is 6.57. The second-order valence-corrected chi connectivity index (χ2v) is 4.58. The maximum absolute atomic E-state index is 13.7. The summed E-state index contributed by atoms with van der Waals surface area (Å²) >= 11 is 0. The quantitative estimate of drug-likeness (QED) is 0.806. The maximum Gasteiger partial charge on any atom is 0.133 e. The van der Waals surface area contributed by atoms with Crippen LogP contribution < -0.4 is 5.32 Å².